The highest BCUT2D eigenvalue weighted by atomic mass is 35.5. The number of hydrogen-bond acceptors (Lipinski definition) is 2. The second-order valence-electron chi connectivity index (χ2n) is 4.50. The molecule has 0 aliphatic heterocycles. The molecule has 2 N–H and O–H groups in total. The van der Waals surface area contributed by atoms with Crippen LogP contribution in [0.25, 0.3) is 0 Å². The molecule has 0 unspecified atom stereocenters. The summed E-state index contributed by atoms with van der Waals surface area (Å²) in [6, 6.07) is 5.72. The maximum absolute atomic E-state index is 5.90. The van der Waals surface area contributed by atoms with Crippen LogP contribution in [0, 0.1) is 5.41 Å². The largest absolute Gasteiger partial charge is 0.496 e. The van der Waals surface area contributed by atoms with Crippen LogP contribution in [0.5, 0.6) is 5.75 Å². The first kappa shape index (κ1) is 12.3. The molecular weight excluding hydrogens is 210 g/mol. The van der Waals surface area contributed by atoms with E-state index in [0.29, 0.717) is 11.6 Å². The third-order valence-electron chi connectivity index (χ3n) is 2.47. The number of ether oxygens (including phenoxy) is 1. The van der Waals surface area contributed by atoms with Crippen molar-refractivity contribution >= 4 is 11.6 Å². The number of rotatable bonds is 4. The van der Waals surface area contributed by atoms with E-state index in [1.54, 1.807) is 7.11 Å². The molecule has 0 spiro atoms. The minimum Gasteiger partial charge on any atom is -0.496 e. The van der Waals surface area contributed by atoms with Crippen molar-refractivity contribution in [2.45, 2.75) is 20.3 Å². The van der Waals surface area contributed by atoms with E-state index in [1.165, 1.54) is 0 Å². The van der Waals surface area contributed by atoms with Crippen molar-refractivity contribution in [1.29, 1.82) is 0 Å². The number of methoxy groups -OCH3 is 1. The SMILES string of the molecule is COc1cc(Cl)ccc1CC(C)(C)CN. The van der Waals surface area contributed by atoms with Gasteiger partial charge < -0.3 is 10.5 Å². The quantitative estimate of drug-likeness (QED) is 0.859. The fourth-order valence-corrected chi connectivity index (χ4v) is 1.61. The zero-order valence-electron chi connectivity index (χ0n) is 9.51. The Morgan fingerprint density at radius 3 is 2.60 bits per heavy atom. The molecule has 0 saturated carbocycles. The van der Waals surface area contributed by atoms with Gasteiger partial charge in [0.15, 0.2) is 0 Å². The van der Waals surface area contributed by atoms with E-state index in [4.69, 9.17) is 22.1 Å². The Balaban J connectivity index is 2.94. The van der Waals surface area contributed by atoms with E-state index in [2.05, 4.69) is 13.8 Å². The van der Waals surface area contributed by atoms with Crippen LogP contribution < -0.4 is 10.5 Å². The Kier molecular flexibility index (Phi) is 4.00. The smallest absolute Gasteiger partial charge is 0.123 e. The van der Waals surface area contributed by atoms with E-state index in [1.807, 2.05) is 18.2 Å². The van der Waals surface area contributed by atoms with Gasteiger partial charge in [0.2, 0.25) is 0 Å². The third-order valence-corrected chi connectivity index (χ3v) is 2.71. The molecular formula is C12H18ClNO. The van der Waals surface area contributed by atoms with E-state index in [9.17, 15) is 0 Å². The fourth-order valence-electron chi connectivity index (χ4n) is 1.45. The van der Waals surface area contributed by atoms with Crippen LogP contribution in [-0.4, -0.2) is 13.7 Å². The van der Waals surface area contributed by atoms with Gasteiger partial charge in [-0.2, -0.15) is 0 Å². The van der Waals surface area contributed by atoms with Gasteiger partial charge in [0.1, 0.15) is 5.75 Å². The standard InChI is InChI=1S/C12H18ClNO/c1-12(2,8-14)7-9-4-5-10(13)6-11(9)15-3/h4-6H,7-8,14H2,1-3H3. The van der Waals surface area contributed by atoms with E-state index < -0.39 is 0 Å². The van der Waals surface area contributed by atoms with Crippen molar-refractivity contribution in [2.75, 3.05) is 13.7 Å². The molecule has 0 radical (unpaired) electrons. The maximum Gasteiger partial charge on any atom is 0.123 e. The van der Waals surface area contributed by atoms with Gasteiger partial charge in [-0.05, 0) is 36.1 Å². The van der Waals surface area contributed by atoms with E-state index in [0.717, 1.165) is 17.7 Å². The highest BCUT2D eigenvalue weighted by molar-refractivity contribution is 6.30. The molecule has 0 aromatic heterocycles. The predicted molar refractivity (Wildman–Crippen MR) is 64.5 cm³/mol. The van der Waals surface area contributed by atoms with Crippen molar-refractivity contribution in [3.8, 4) is 5.75 Å². The second-order valence-corrected chi connectivity index (χ2v) is 4.94. The summed E-state index contributed by atoms with van der Waals surface area (Å²) in [7, 11) is 1.66. The van der Waals surface area contributed by atoms with Crippen molar-refractivity contribution in [2.24, 2.45) is 11.1 Å². The summed E-state index contributed by atoms with van der Waals surface area (Å²) in [6.45, 7) is 4.93. The highest BCUT2D eigenvalue weighted by Gasteiger charge is 2.18. The number of nitrogens with two attached hydrogens (primary N) is 1. The molecule has 3 heteroatoms. The van der Waals surface area contributed by atoms with Crippen LogP contribution in [0.15, 0.2) is 18.2 Å². The lowest BCUT2D eigenvalue weighted by Gasteiger charge is -2.23. The van der Waals surface area contributed by atoms with Crippen LogP contribution in [0.3, 0.4) is 0 Å². The summed E-state index contributed by atoms with van der Waals surface area (Å²) in [5, 5.41) is 0.696. The summed E-state index contributed by atoms with van der Waals surface area (Å²) in [5.74, 6) is 0.837. The summed E-state index contributed by atoms with van der Waals surface area (Å²) in [4.78, 5) is 0. The molecule has 1 rings (SSSR count). The molecule has 0 heterocycles. The first-order chi connectivity index (χ1) is 6.98. The van der Waals surface area contributed by atoms with Crippen LogP contribution >= 0.6 is 11.6 Å². The maximum atomic E-state index is 5.90. The Morgan fingerprint density at radius 2 is 2.07 bits per heavy atom. The topological polar surface area (TPSA) is 35.2 Å². The van der Waals surface area contributed by atoms with Crippen molar-refractivity contribution in [3.05, 3.63) is 28.8 Å². The third kappa shape index (κ3) is 3.40. The summed E-state index contributed by atoms with van der Waals surface area (Å²) in [5.41, 5.74) is 6.94. The van der Waals surface area contributed by atoms with Gasteiger partial charge in [-0.3, -0.25) is 0 Å². The highest BCUT2D eigenvalue weighted by Crippen LogP contribution is 2.29. The van der Waals surface area contributed by atoms with Crippen LogP contribution in [0.2, 0.25) is 5.02 Å². The van der Waals surface area contributed by atoms with Gasteiger partial charge in [0.05, 0.1) is 7.11 Å². The molecule has 0 saturated heterocycles. The number of benzene rings is 1. The molecule has 1 aromatic rings. The Hall–Kier alpha value is -0.730. The number of halogens is 1. The molecule has 0 amide bonds. The van der Waals surface area contributed by atoms with Gasteiger partial charge in [0.25, 0.3) is 0 Å². The lowest BCUT2D eigenvalue weighted by atomic mass is 9.85. The molecule has 0 aliphatic rings. The minimum atomic E-state index is 0.0844. The Bertz CT molecular complexity index is 336. The first-order valence-electron chi connectivity index (χ1n) is 5.01. The second kappa shape index (κ2) is 4.86. The lowest BCUT2D eigenvalue weighted by Crippen LogP contribution is -2.26. The molecule has 15 heavy (non-hydrogen) atoms. The van der Waals surface area contributed by atoms with Crippen molar-refractivity contribution in [1.82, 2.24) is 0 Å². The first-order valence-corrected chi connectivity index (χ1v) is 5.39. The predicted octanol–water partition coefficient (Wildman–Crippen LogP) is 2.88. The lowest BCUT2D eigenvalue weighted by molar-refractivity contribution is 0.359. The van der Waals surface area contributed by atoms with Gasteiger partial charge in [-0.1, -0.05) is 31.5 Å². The van der Waals surface area contributed by atoms with Crippen molar-refractivity contribution < 1.29 is 4.74 Å². The fraction of sp³-hybridized carbons (Fsp3) is 0.500. The average molecular weight is 228 g/mol. The summed E-state index contributed by atoms with van der Waals surface area (Å²) >= 11 is 5.90. The molecule has 84 valence electrons. The molecule has 0 fully saturated rings. The Morgan fingerprint density at radius 1 is 1.40 bits per heavy atom. The molecule has 1 aromatic carbocycles. The monoisotopic (exact) mass is 227 g/mol. The van der Waals surface area contributed by atoms with E-state index >= 15 is 0 Å². The summed E-state index contributed by atoms with van der Waals surface area (Å²) in [6.07, 6.45) is 0.893. The van der Waals surface area contributed by atoms with Crippen LogP contribution in [-0.2, 0) is 6.42 Å². The molecule has 2 nitrogen and oxygen atoms in total. The van der Waals surface area contributed by atoms with Gasteiger partial charge in [0, 0.05) is 5.02 Å². The minimum absolute atomic E-state index is 0.0844. The van der Waals surface area contributed by atoms with Gasteiger partial charge in [-0.15, -0.1) is 0 Å². The normalized spacial score (nSPS) is 11.5. The van der Waals surface area contributed by atoms with Gasteiger partial charge in [-0.25, -0.2) is 0 Å². The van der Waals surface area contributed by atoms with Crippen LogP contribution in [0.1, 0.15) is 19.4 Å². The molecule has 0 atom stereocenters. The Labute approximate surface area is 96.4 Å². The average Bonchev–Trinajstić information content (AvgIpc) is 2.20. The van der Waals surface area contributed by atoms with Gasteiger partial charge >= 0.3 is 0 Å². The van der Waals surface area contributed by atoms with Crippen LogP contribution in [0.4, 0.5) is 0 Å². The zero-order chi connectivity index (χ0) is 11.5. The van der Waals surface area contributed by atoms with E-state index in [-0.39, 0.29) is 5.41 Å². The van der Waals surface area contributed by atoms with Crippen molar-refractivity contribution in [3.63, 3.8) is 0 Å². The zero-order valence-corrected chi connectivity index (χ0v) is 10.3. The number of hydrogen-bond donors (Lipinski definition) is 1. The molecule has 0 aliphatic carbocycles. The molecule has 0 bridgehead atoms. The summed E-state index contributed by atoms with van der Waals surface area (Å²) < 4.78 is 5.29.